The number of rotatable bonds is 8. The normalized spacial score (nSPS) is 14.4. The maximum absolute atomic E-state index is 9.32. The predicted molar refractivity (Wildman–Crippen MR) is 79.8 cm³/mol. The molecular weight excluding hydrogens is 238 g/mol. The summed E-state index contributed by atoms with van der Waals surface area (Å²) in [4.78, 5) is 0. The van der Waals surface area contributed by atoms with Crippen LogP contribution in [0.5, 0.6) is 5.75 Å². The van der Waals surface area contributed by atoms with Gasteiger partial charge in [-0.3, -0.25) is 0 Å². The average Bonchev–Trinajstić information content (AvgIpc) is 2.43. The Kier molecular flexibility index (Phi) is 6.32. The first-order chi connectivity index (χ1) is 9.02. The standard InChI is InChI=1S/C16H27NO2/c1-13(2)14-8-5-6-9-15(14)19-11-7-10-16(3,12-18)17-4/h5-6,8-9,13,17-18H,7,10-12H2,1-4H3. The van der Waals surface area contributed by atoms with Gasteiger partial charge in [-0.1, -0.05) is 32.0 Å². The van der Waals surface area contributed by atoms with Gasteiger partial charge in [-0.25, -0.2) is 0 Å². The molecule has 1 aromatic carbocycles. The molecule has 0 bridgehead atoms. The van der Waals surface area contributed by atoms with E-state index in [1.807, 2.05) is 32.2 Å². The number of aliphatic hydroxyl groups is 1. The van der Waals surface area contributed by atoms with Crippen LogP contribution < -0.4 is 10.1 Å². The Morgan fingerprint density at radius 3 is 2.58 bits per heavy atom. The zero-order valence-corrected chi connectivity index (χ0v) is 12.6. The first kappa shape index (κ1) is 16.0. The zero-order chi connectivity index (χ0) is 14.3. The lowest BCUT2D eigenvalue weighted by molar-refractivity contribution is 0.163. The Morgan fingerprint density at radius 1 is 1.32 bits per heavy atom. The molecule has 1 unspecified atom stereocenters. The summed E-state index contributed by atoms with van der Waals surface area (Å²) < 4.78 is 5.87. The van der Waals surface area contributed by atoms with E-state index in [9.17, 15) is 5.11 Å². The number of likely N-dealkylation sites (N-methyl/N-ethyl adjacent to an activating group) is 1. The molecule has 1 rings (SSSR count). The van der Waals surface area contributed by atoms with Gasteiger partial charge in [-0.15, -0.1) is 0 Å². The number of aliphatic hydroxyl groups excluding tert-OH is 1. The van der Waals surface area contributed by atoms with Gasteiger partial charge in [0, 0.05) is 5.54 Å². The molecule has 0 aliphatic rings. The molecule has 0 fully saturated rings. The van der Waals surface area contributed by atoms with Crippen LogP contribution in [0.2, 0.25) is 0 Å². The highest BCUT2D eigenvalue weighted by molar-refractivity contribution is 5.35. The van der Waals surface area contributed by atoms with Crippen molar-refractivity contribution in [3.63, 3.8) is 0 Å². The van der Waals surface area contributed by atoms with Gasteiger partial charge in [0.25, 0.3) is 0 Å². The highest BCUT2D eigenvalue weighted by Crippen LogP contribution is 2.26. The molecule has 0 amide bonds. The minimum absolute atomic E-state index is 0.145. The van der Waals surface area contributed by atoms with Crippen LogP contribution in [0.1, 0.15) is 45.1 Å². The van der Waals surface area contributed by atoms with Gasteiger partial charge in [-0.05, 0) is 44.4 Å². The lowest BCUT2D eigenvalue weighted by Gasteiger charge is -2.26. The van der Waals surface area contributed by atoms with Crippen LogP contribution in [-0.2, 0) is 0 Å². The Balaban J connectivity index is 2.46. The van der Waals surface area contributed by atoms with Crippen molar-refractivity contribution in [2.24, 2.45) is 0 Å². The second-order valence-electron chi connectivity index (χ2n) is 5.61. The fraction of sp³-hybridized carbons (Fsp3) is 0.625. The predicted octanol–water partition coefficient (Wildman–Crippen LogP) is 2.94. The molecule has 0 aromatic heterocycles. The van der Waals surface area contributed by atoms with Crippen LogP contribution in [0, 0.1) is 0 Å². The van der Waals surface area contributed by atoms with Crippen molar-refractivity contribution in [1.82, 2.24) is 5.32 Å². The summed E-state index contributed by atoms with van der Waals surface area (Å²) in [5.74, 6) is 1.45. The molecule has 2 N–H and O–H groups in total. The van der Waals surface area contributed by atoms with E-state index in [1.54, 1.807) is 0 Å². The van der Waals surface area contributed by atoms with Crippen molar-refractivity contribution in [3.8, 4) is 5.75 Å². The fourth-order valence-electron chi connectivity index (χ4n) is 2.02. The summed E-state index contributed by atoms with van der Waals surface area (Å²) in [6.45, 7) is 7.19. The number of ether oxygens (including phenoxy) is 1. The van der Waals surface area contributed by atoms with Crippen molar-refractivity contribution in [3.05, 3.63) is 29.8 Å². The largest absolute Gasteiger partial charge is 0.493 e. The summed E-state index contributed by atoms with van der Waals surface area (Å²) in [5.41, 5.74) is 1.04. The van der Waals surface area contributed by atoms with Crippen LogP contribution >= 0.6 is 0 Å². The van der Waals surface area contributed by atoms with Gasteiger partial charge in [0.2, 0.25) is 0 Å². The third-order valence-electron chi connectivity index (χ3n) is 3.62. The Labute approximate surface area is 117 Å². The highest BCUT2D eigenvalue weighted by Gasteiger charge is 2.19. The maximum atomic E-state index is 9.32. The average molecular weight is 265 g/mol. The van der Waals surface area contributed by atoms with Crippen LogP contribution in [0.3, 0.4) is 0 Å². The van der Waals surface area contributed by atoms with Gasteiger partial charge in [0.15, 0.2) is 0 Å². The van der Waals surface area contributed by atoms with Crippen LogP contribution in [0.15, 0.2) is 24.3 Å². The summed E-state index contributed by atoms with van der Waals surface area (Å²) in [6, 6.07) is 8.20. The minimum atomic E-state index is -0.207. The zero-order valence-electron chi connectivity index (χ0n) is 12.6. The van der Waals surface area contributed by atoms with E-state index in [2.05, 4.69) is 25.2 Å². The molecule has 0 radical (unpaired) electrons. The van der Waals surface area contributed by atoms with E-state index >= 15 is 0 Å². The van der Waals surface area contributed by atoms with Gasteiger partial charge in [0.1, 0.15) is 5.75 Å². The first-order valence-corrected chi connectivity index (χ1v) is 7.04. The lowest BCUT2D eigenvalue weighted by atomic mass is 9.97. The van der Waals surface area contributed by atoms with Gasteiger partial charge < -0.3 is 15.2 Å². The van der Waals surface area contributed by atoms with Gasteiger partial charge in [-0.2, -0.15) is 0 Å². The van der Waals surface area contributed by atoms with Gasteiger partial charge in [0.05, 0.1) is 13.2 Å². The Bertz CT molecular complexity index is 373. The number of para-hydroxylation sites is 1. The summed E-state index contributed by atoms with van der Waals surface area (Å²) in [6.07, 6.45) is 1.81. The second kappa shape index (κ2) is 7.51. The lowest BCUT2D eigenvalue weighted by Crippen LogP contribution is -2.43. The quantitative estimate of drug-likeness (QED) is 0.710. The molecule has 0 aliphatic carbocycles. The van der Waals surface area contributed by atoms with E-state index in [1.165, 1.54) is 5.56 Å². The number of hydrogen-bond acceptors (Lipinski definition) is 3. The monoisotopic (exact) mass is 265 g/mol. The van der Waals surface area contributed by atoms with E-state index in [0.29, 0.717) is 12.5 Å². The van der Waals surface area contributed by atoms with E-state index in [-0.39, 0.29) is 12.1 Å². The van der Waals surface area contributed by atoms with Crippen molar-refractivity contribution >= 4 is 0 Å². The molecular formula is C16H27NO2. The van der Waals surface area contributed by atoms with Crippen molar-refractivity contribution in [2.75, 3.05) is 20.3 Å². The Morgan fingerprint density at radius 2 is 2.00 bits per heavy atom. The van der Waals surface area contributed by atoms with Gasteiger partial charge >= 0.3 is 0 Å². The number of hydrogen-bond donors (Lipinski definition) is 2. The highest BCUT2D eigenvalue weighted by atomic mass is 16.5. The van der Waals surface area contributed by atoms with Crippen LogP contribution in [-0.4, -0.2) is 30.9 Å². The van der Waals surface area contributed by atoms with Crippen LogP contribution in [0.4, 0.5) is 0 Å². The van der Waals surface area contributed by atoms with E-state index < -0.39 is 0 Å². The molecule has 1 atom stereocenters. The molecule has 108 valence electrons. The van der Waals surface area contributed by atoms with Crippen molar-refractivity contribution in [1.29, 1.82) is 0 Å². The molecule has 19 heavy (non-hydrogen) atoms. The summed E-state index contributed by atoms with van der Waals surface area (Å²) in [5, 5.41) is 12.5. The molecule has 3 nitrogen and oxygen atoms in total. The van der Waals surface area contributed by atoms with Crippen LogP contribution in [0.25, 0.3) is 0 Å². The summed E-state index contributed by atoms with van der Waals surface area (Å²) in [7, 11) is 1.88. The summed E-state index contributed by atoms with van der Waals surface area (Å²) >= 11 is 0. The number of nitrogens with one attached hydrogen (secondary N) is 1. The molecule has 0 saturated carbocycles. The molecule has 0 heterocycles. The third kappa shape index (κ3) is 4.84. The molecule has 0 saturated heterocycles. The van der Waals surface area contributed by atoms with E-state index in [4.69, 9.17) is 4.74 Å². The molecule has 3 heteroatoms. The SMILES string of the molecule is CNC(C)(CO)CCCOc1ccccc1C(C)C. The molecule has 0 spiro atoms. The smallest absolute Gasteiger partial charge is 0.122 e. The van der Waals surface area contributed by atoms with E-state index in [0.717, 1.165) is 18.6 Å². The maximum Gasteiger partial charge on any atom is 0.122 e. The third-order valence-corrected chi connectivity index (χ3v) is 3.62. The van der Waals surface area contributed by atoms with Crippen molar-refractivity contribution < 1.29 is 9.84 Å². The minimum Gasteiger partial charge on any atom is -0.493 e. The first-order valence-electron chi connectivity index (χ1n) is 7.04. The topological polar surface area (TPSA) is 41.5 Å². The molecule has 0 aliphatic heterocycles. The second-order valence-corrected chi connectivity index (χ2v) is 5.61. The number of benzene rings is 1. The molecule has 1 aromatic rings. The van der Waals surface area contributed by atoms with Crippen molar-refractivity contribution in [2.45, 2.75) is 45.1 Å². The fourth-order valence-corrected chi connectivity index (χ4v) is 2.02. The Hall–Kier alpha value is -1.06.